The summed E-state index contributed by atoms with van der Waals surface area (Å²) < 4.78 is 0. The van der Waals surface area contributed by atoms with Gasteiger partial charge >= 0.3 is 0 Å². The Balaban J connectivity index is 1.98. The minimum absolute atomic E-state index is 0.0346. The van der Waals surface area contributed by atoms with E-state index in [0.717, 1.165) is 23.3 Å². The molecule has 20 heavy (non-hydrogen) atoms. The average molecular weight is 263 g/mol. The van der Waals surface area contributed by atoms with Crippen molar-refractivity contribution >= 4 is 11.5 Å². The largest absolute Gasteiger partial charge is 0.300 e. The topological polar surface area (TPSA) is 29.4 Å². The highest BCUT2D eigenvalue weighted by molar-refractivity contribution is 6.04. The number of aliphatic imine (C=N–C) groups is 1. The van der Waals surface area contributed by atoms with Crippen molar-refractivity contribution in [3.8, 4) is 0 Å². The van der Waals surface area contributed by atoms with Crippen molar-refractivity contribution < 1.29 is 4.79 Å². The van der Waals surface area contributed by atoms with Gasteiger partial charge in [0, 0.05) is 18.1 Å². The van der Waals surface area contributed by atoms with E-state index < -0.39 is 0 Å². The van der Waals surface area contributed by atoms with Gasteiger partial charge in [0.1, 0.15) is 5.78 Å². The summed E-state index contributed by atoms with van der Waals surface area (Å²) in [4.78, 5) is 16.8. The molecule has 2 atom stereocenters. The van der Waals surface area contributed by atoms with Gasteiger partial charge in [-0.15, -0.1) is 0 Å². The Morgan fingerprint density at radius 2 is 1.60 bits per heavy atom. The summed E-state index contributed by atoms with van der Waals surface area (Å²) in [5, 5.41) is 0. The molecule has 1 aliphatic rings. The van der Waals surface area contributed by atoms with E-state index in [-0.39, 0.29) is 17.7 Å². The van der Waals surface area contributed by atoms with Crippen molar-refractivity contribution in [1.82, 2.24) is 0 Å². The lowest BCUT2D eigenvalue weighted by Crippen LogP contribution is -2.15. The lowest BCUT2D eigenvalue weighted by Gasteiger charge is -2.15. The lowest BCUT2D eigenvalue weighted by molar-refractivity contribution is -0.120. The zero-order valence-corrected chi connectivity index (χ0v) is 11.5. The Morgan fingerprint density at radius 1 is 1.00 bits per heavy atom. The van der Waals surface area contributed by atoms with Gasteiger partial charge in [0.2, 0.25) is 0 Å². The Morgan fingerprint density at radius 3 is 2.20 bits per heavy atom. The summed E-state index contributed by atoms with van der Waals surface area (Å²) >= 11 is 0. The van der Waals surface area contributed by atoms with Gasteiger partial charge in [-0.05, 0) is 18.1 Å². The van der Waals surface area contributed by atoms with Crippen LogP contribution < -0.4 is 0 Å². The molecular formula is C18H17NO. The maximum atomic E-state index is 11.9. The number of Topliss-reactive ketones (excluding diaryl/α,β-unsaturated/α-hetero) is 1. The number of hydrogen-bond donors (Lipinski definition) is 0. The third kappa shape index (κ3) is 2.42. The SMILES string of the molecule is CC(=O)C1CC(c2ccccc2)=NC1c1ccccc1. The third-order valence-corrected chi connectivity index (χ3v) is 3.86. The highest BCUT2D eigenvalue weighted by atomic mass is 16.1. The molecule has 2 nitrogen and oxygen atoms in total. The van der Waals surface area contributed by atoms with Gasteiger partial charge in [-0.25, -0.2) is 0 Å². The van der Waals surface area contributed by atoms with E-state index in [1.165, 1.54) is 0 Å². The molecule has 0 aliphatic carbocycles. The van der Waals surface area contributed by atoms with E-state index in [9.17, 15) is 4.79 Å². The fraction of sp³-hybridized carbons (Fsp3) is 0.222. The van der Waals surface area contributed by atoms with E-state index in [2.05, 4.69) is 24.3 Å². The molecule has 2 unspecified atom stereocenters. The molecule has 0 aromatic heterocycles. The predicted molar refractivity (Wildman–Crippen MR) is 81.0 cm³/mol. The zero-order chi connectivity index (χ0) is 13.9. The standard InChI is InChI=1S/C18H17NO/c1-13(20)16-12-17(14-8-4-2-5-9-14)19-18(16)15-10-6-3-7-11-15/h2-11,16,18H,12H2,1H3. The van der Waals surface area contributed by atoms with Crippen molar-refractivity contribution in [3.63, 3.8) is 0 Å². The van der Waals surface area contributed by atoms with Crippen LogP contribution in [0.2, 0.25) is 0 Å². The second kappa shape index (κ2) is 5.41. The summed E-state index contributed by atoms with van der Waals surface area (Å²) in [5.74, 6) is 0.182. The molecule has 2 aromatic carbocycles. The van der Waals surface area contributed by atoms with Crippen molar-refractivity contribution in [2.24, 2.45) is 10.9 Å². The molecule has 0 saturated carbocycles. The van der Waals surface area contributed by atoms with Crippen LogP contribution in [0.3, 0.4) is 0 Å². The fourth-order valence-electron chi connectivity index (χ4n) is 2.78. The van der Waals surface area contributed by atoms with Gasteiger partial charge < -0.3 is 0 Å². The molecule has 0 amide bonds. The number of rotatable bonds is 3. The Hall–Kier alpha value is -2.22. The van der Waals surface area contributed by atoms with Gasteiger partial charge in [0.25, 0.3) is 0 Å². The number of ketones is 1. The van der Waals surface area contributed by atoms with Crippen LogP contribution in [-0.2, 0) is 4.79 Å². The van der Waals surface area contributed by atoms with Crippen LogP contribution in [-0.4, -0.2) is 11.5 Å². The predicted octanol–water partition coefficient (Wildman–Crippen LogP) is 3.83. The highest BCUT2D eigenvalue weighted by Crippen LogP contribution is 2.36. The molecule has 2 aromatic rings. The quantitative estimate of drug-likeness (QED) is 0.827. The number of benzene rings is 2. The summed E-state index contributed by atoms with van der Waals surface area (Å²) in [5.41, 5.74) is 3.29. The van der Waals surface area contributed by atoms with Gasteiger partial charge in [-0.2, -0.15) is 0 Å². The summed E-state index contributed by atoms with van der Waals surface area (Å²) in [7, 11) is 0. The first kappa shape index (κ1) is 12.8. The monoisotopic (exact) mass is 263 g/mol. The highest BCUT2D eigenvalue weighted by Gasteiger charge is 2.33. The van der Waals surface area contributed by atoms with Gasteiger partial charge in [-0.1, -0.05) is 60.7 Å². The molecule has 3 rings (SSSR count). The van der Waals surface area contributed by atoms with Crippen molar-refractivity contribution in [2.75, 3.05) is 0 Å². The van der Waals surface area contributed by atoms with Crippen LogP contribution >= 0.6 is 0 Å². The normalized spacial score (nSPS) is 21.6. The Bertz CT molecular complexity index is 631. The van der Waals surface area contributed by atoms with Gasteiger partial charge in [-0.3, -0.25) is 9.79 Å². The van der Waals surface area contributed by atoms with Crippen LogP contribution in [0.25, 0.3) is 0 Å². The average Bonchev–Trinajstić information content (AvgIpc) is 2.94. The van der Waals surface area contributed by atoms with Crippen LogP contribution in [0.4, 0.5) is 0 Å². The first-order valence-corrected chi connectivity index (χ1v) is 6.93. The van der Waals surface area contributed by atoms with E-state index in [1.807, 2.05) is 36.4 Å². The number of hydrogen-bond acceptors (Lipinski definition) is 2. The second-order valence-corrected chi connectivity index (χ2v) is 5.22. The summed E-state index contributed by atoms with van der Waals surface area (Å²) in [6, 6.07) is 20.2. The minimum atomic E-state index is -0.0380. The second-order valence-electron chi connectivity index (χ2n) is 5.22. The van der Waals surface area contributed by atoms with Crippen molar-refractivity contribution in [3.05, 3.63) is 71.8 Å². The molecule has 0 radical (unpaired) electrons. The maximum Gasteiger partial charge on any atom is 0.135 e. The van der Waals surface area contributed by atoms with E-state index in [1.54, 1.807) is 6.92 Å². The van der Waals surface area contributed by atoms with Crippen molar-refractivity contribution in [2.45, 2.75) is 19.4 Å². The van der Waals surface area contributed by atoms with Crippen LogP contribution in [0.5, 0.6) is 0 Å². The number of carbonyl (C=O) groups is 1. The van der Waals surface area contributed by atoms with Crippen molar-refractivity contribution in [1.29, 1.82) is 0 Å². The molecule has 0 bridgehead atoms. The fourth-order valence-corrected chi connectivity index (χ4v) is 2.78. The van der Waals surface area contributed by atoms with Crippen LogP contribution in [0.1, 0.15) is 30.5 Å². The minimum Gasteiger partial charge on any atom is -0.300 e. The lowest BCUT2D eigenvalue weighted by atomic mass is 9.89. The molecule has 0 N–H and O–H groups in total. The molecule has 1 aliphatic heterocycles. The first-order valence-electron chi connectivity index (χ1n) is 6.93. The first-order chi connectivity index (χ1) is 9.75. The van der Waals surface area contributed by atoms with E-state index in [4.69, 9.17) is 4.99 Å². The number of nitrogens with zero attached hydrogens (tertiary/aromatic N) is 1. The van der Waals surface area contributed by atoms with Gasteiger partial charge in [0.15, 0.2) is 0 Å². The van der Waals surface area contributed by atoms with E-state index >= 15 is 0 Å². The summed E-state index contributed by atoms with van der Waals surface area (Å²) in [6.07, 6.45) is 0.735. The molecular weight excluding hydrogens is 246 g/mol. The summed E-state index contributed by atoms with van der Waals surface area (Å²) in [6.45, 7) is 1.67. The Kier molecular flexibility index (Phi) is 3.46. The third-order valence-electron chi connectivity index (χ3n) is 3.86. The molecule has 0 saturated heterocycles. The number of carbonyl (C=O) groups excluding carboxylic acids is 1. The molecule has 100 valence electrons. The molecule has 1 heterocycles. The van der Waals surface area contributed by atoms with Gasteiger partial charge in [0.05, 0.1) is 6.04 Å². The molecule has 2 heteroatoms. The maximum absolute atomic E-state index is 11.9. The molecule has 0 spiro atoms. The smallest absolute Gasteiger partial charge is 0.135 e. The van der Waals surface area contributed by atoms with Crippen LogP contribution in [0.15, 0.2) is 65.7 Å². The Labute approximate surface area is 119 Å². The van der Waals surface area contributed by atoms with Crippen LogP contribution in [0, 0.1) is 5.92 Å². The zero-order valence-electron chi connectivity index (χ0n) is 11.5. The van der Waals surface area contributed by atoms with E-state index in [0.29, 0.717) is 0 Å². The molecule has 0 fully saturated rings.